The van der Waals surface area contributed by atoms with Crippen LogP contribution < -0.4 is 10.6 Å². The number of nitrogens with zero attached hydrogens (tertiary/aromatic N) is 3. The lowest BCUT2D eigenvalue weighted by molar-refractivity contribution is -0.126. The molecule has 0 aromatic carbocycles. The van der Waals surface area contributed by atoms with E-state index in [9.17, 15) is 9.59 Å². The molecule has 144 valence electrons. The Morgan fingerprint density at radius 2 is 1.96 bits per heavy atom. The van der Waals surface area contributed by atoms with E-state index in [1.807, 2.05) is 10.8 Å². The van der Waals surface area contributed by atoms with Crippen LogP contribution >= 0.6 is 0 Å². The Kier molecular flexibility index (Phi) is 6.96. The molecule has 0 bridgehead atoms. The summed E-state index contributed by atoms with van der Waals surface area (Å²) in [5.41, 5.74) is 0.446. The fraction of sp³-hybridized carbons (Fsp3) is 0.500. The zero-order valence-electron chi connectivity index (χ0n) is 15.5. The number of aryl methyl sites for hydroxylation is 1. The van der Waals surface area contributed by atoms with Crippen molar-refractivity contribution < 1.29 is 9.59 Å². The quantitative estimate of drug-likeness (QED) is 0.697. The van der Waals surface area contributed by atoms with Crippen molar-refractivity contribution in [3.05, 3.63) is 48.8 Å². The molecule has 2 aromatic rings. The number of hydrogen-bond donors (Lipinski definition) is 2. The van der Waals surface area contributed by atoms with E-state index in [0.717, 1.165) is 38.6 Å². The van der Waals surface area contributed by atoms with E-state index in [2.05, 4.69) is 20.6 Å². The summed E-state index contributed by atoms with van der Waals surface area (Å²) in [6.07, 6.45) is 11.7. The van der Waals surface area contributed by atoms with Gasteiger partial charge in [-0.2, -0.15) is 0 Å². The van der Waals surface area contributed by atoms with Crippen LogP contribution in [0.15, 0.2) is 43.1 Å². The molecule has 1 fully saturated rings. The van der Waals surface area contributed by atoms with Crippen molar-refractivity contribution >= 4 is 11.8 Å². The summed E-state index contributed by atoms with van der Waals surface area (Å²) >= 11 is 0. The first-order valence-electron chi connectivity index (χ1n) is 9.65. The van der Waals surface area contributed by atoms with E-state index in [1.54, 1.807) is 36.9 Å². The van der Waals surface area contributed by atoms with Crippen LogP contribution in [0.2, 0.25) is 0 Å². The van der Waals surface area contributed by atoms with Crippen LogP contribution in [0, 0.1) is 11.8 Å². The molecule has 2 amide bonds. The van der Waals surface area contributed by atoms with Gasteiger partial charge in [0.2, 0.25) is 5.91 Å². The molecule has 1 saturated carbocycles. The zero-order valence-corrected chi connectivity index (χ0v) is 15.5. The molecule has 1 aliphatic rings. The average molecular weight is 369 g/mol. The van der Waals surface area contributed by atoms with Crippen LogP contribution in [0.25, 0.3) is 0 Å². The summed E-state index contributed by atoms with van der Waals surface area (Å²) in [5.74, 6) is 0.564. The number of imidazole rings is 1. The largest absolute Gasteiger partial charge is 0.356 e. The minimum absolute atomic E-state index is 0.0981. The summed E-state index contributed by atoms with van der Waals surface area (Å²) < 4.78 is 2.01. The number of hydrogen-bond acceptors (Lipinski definition) is 4. The molecule has 27 heavy (non-hydrogen) atoms. The number of aromatic nitrogens is 3. The molecule has 0 radical (unpaired) electrons. The van der Waals surface area contributed by atoms with Crippen LogP contribution in [0.3, 0.4) is 0 Å². The maximum absolute atomic E-state index is 12.3. The van der Waals surface area contributed by atoms with Crippen molar-refractivity contribution in [2.45, 2.75) is 38.6 Å². The fourth-order valence-electron chi connectivity index (χ4n) is 3.49. The summed E-state index contributed by atoms with van der Waals surface area (Å²) in [4.78, 5) is 32.4. The zero-order chi connectivity index (χ0) is 18.9. The summed E-state index contributed by atoms with van der Waals surface area (Å²) in [6.45, 7) is 2.20. The number of amides is 2. The van der Waals surface area contributed by atoms with E-state index >= 15 is 0 Å². The topological polar surface area (TPSA) is 88.9 Å². The van der Waals surface area contributed by atoms with Gasteiger partial charge in [-0.25, -0.2) is 4.98 Å². The lowest BCUT2D eigenvalue weighted by Gasteiger charge is -2.27. The molecule has 3 rings (SSSR count). The molecule has 0 aliphatic heterocycles. The Hall–Kier alpha value is -2.70. The van der Waals surface area contributed by atoms with E-state index in [1.165, 1.54) is 0 Å². The minimum Gasteiger partial charge on any atom is -0.356 e. The molecule has 7 heteroatoms. The third-order valence-corrected chi connectivity index (χ3v) is 5.12. The second kappa shape index (κ2) is 9.85. The van der Waals surface area contributed by atoms with Crippen LogP contribution in [0.5, 0.6) is 0 Å². The van der Waals surface area contributed by atoms with Gasteiger partial charge in [-0.1, -0.05) is 6.07 Å². The number of pyridine rings is 1. The number of carbonyl (C=O) groups is 2. The van der Waals surface area contributed by atoms with Crippen molar-refractivity contribution in [3.8, 4) is 0 Å². The van der Waals surface area contributed by atoms with Crippen molar-refractivity contribution in [1.82, 2.24) is 25.2 Å². The summed E-state index contributed by atoms with van der Waals surface area (Å²) in [6, 6.07) is 5.31. The second-order valence-electron chi connectivity index (χ2n) is 7.09. The van der Waals surface area contributed by atoms with Gasteiger partial charge in [0.25, 0.3) is 5.91 Å². The first-order chi connectivity index (χ1) is 13.2. The molecule has 0 atom stereocenters. The van der Waals surface area contributed by atoms with Crippen LogP contribution in [-0.4, -0.2) is 39.4 Å². The molecule has 2 aromatic heterocycles. The first kappa shape index (κ1) is 19.1. The Balaban J connectivity index is 1.30. The predicted octanol–water partition coefficient (Wildman–Crippen LogP) is 2.02. The highest BCUT2D eigenvalue weighted by Crippen LogP contribution is 2.28. The monoisotopic (exact) mass is 369 g/mol. The minimum atomic E-state index is -0.131. The average Bonchev–Trinajstić information content (AvgIpc) is 3.24. The standard InChI is InChI=1S/C20H27N5O2/c26-19(23-10-3-12-25-13-11-21-15-25)17-7-5-16(6-8-17)14-24-20(27)18-4-1-2-9-22-18/h1-2,4,9,11,13,15-17H,3,5-8,10,12,14H2,(H,23,26)(H,24,27). The van der Waals surface area contributed by atoms with E-state index < -0.39 is 0 Å². The van der Waals surface area contributed by atoms with E-state index in [0.29, 0.717) is 24.7 Å². The Labute approximate surface area is 159 Å². The van der Waals surface area contributed by atoms with Crippen LogP contribution in [-0.2, 0) is 11.3 Å². The van der Waals surface area contributed by atoms with Crippen molar-refractivity contribution in [2.75, 3.05) is 13.1 Å². The van der Waals surface area contributed by atoms with Crippen molar-refractivity contribution in [1.29, 1.82) is 0 Å². The third-order valence-electron chi connectivity index (χ3n) is 5.12. The van der Waals surface area contributed by atoms with Gasteiger partial charge < -0.3 is 15.2 Å². The normalized spacial score (nSPS) is 19.4. The summed E-state index contributed by atoms with van der Waals surface area (Å²) in [5, 5.41) is 6.01. The second-order valence-corrected chi connectivity index (χ2v) is 7.09. The smallest absolute Gasteiger partial charge is 0.269 e. The maximum atomic E-state index is 12.3. The predicted molar refractivity (Wildman–Crippen MR) is 102 cm³/mol. The fourth-order valence-corrected chi connectivity index (χ4v) is 3.49. The first-order valence-corrected chi connectivity index (χ1v) is 9.65. The van der Waals surface area contributed by atoms with Crippen LogP contribution in [0.1, 0.15) is 42.6 Å². The van der Waals surface area contributed by atoms with Gasteiger partial charge in [0.15, 0.2) is 0 Å². The van der Waals surface area contributed by atoms with Gasteiger partial charge in [-0.3, -0.25) is 14.6 Å². The lowest BCUT2D eigenvalue weighted by atomic mass is 9.81. The molecule has 2 N–H and O–H groups in total. The Morgan fingerprint density at radius 3 is 2.67 bits per heavy atom. The molecule has 1 aliphatic carbocycles. The van der Waals surface area contributed by atoms with Gasteiger partial charge in [0.1, 0.15) is 5.69 Å². The highest BCUT2D eigenvalue weighted by molar-refractivity contribution is 5.92. The molecule has 0 unspecified atom stereocenters. The number of carbonyl (C=O) groups excluding carboxylic acids is 2. The van der Waals surface area contributed by atoms with Gasteiger partial charge in [0.05, 0.1) is 6.33 Å². The van der Waals surface area contributed by atoms with Gasteiger partial charge >= 0.3 is 0 Å². The molecule has 0 saturated heterocycles. The number of nitrogens with one attached hydrogen (secondary N) is 2. The molecular weight excluding hydrogens is 342 g/mol. The SMILES string of the molecule is O=C(NCC1CCC(C(=O)NCCCn2ccnc2)CC1)c1ccccn1. The Morgan fingerprint density at radius 1 is 1.11 bits per heavy atom. The molecule has 7 nitrogen and oxygen atoms in total. The van der Waals surface area contributed by atoms with Crippen molar-refractivity contribution in [3.63, 3.8) is 0 Å². The highest BCUT2D eigenvalue weighted by atomic mass is 16.2. The van der Waals surface area contributed by atoms with Gasteiger partial charge in [-0.15, -0.1) is 0 Å². The molecule has 2 heterocycles. The van der Waals surface area contributed by atoms with E-state index in [-0.39, 0.29) is 17.7 Å². The highest BCUT2D eigenvalue weighted by Gasteiger charge is 2.26. The summed E-state index contributed by atoms with van der Waals surface area (Å²) in [7, 11) is 0. The lowest BCUT2D eigenvalue weighted by Crippen LogP contribution is -2.36. The van der Waals surface area contributed by atoms with Gasteiger partial charge in [-0.05, 0) is 50.2 Å². The van der Waals surface area contributed by atoms with Crippen molar-refractivity contribution in [2.24, 2.45) is 11.8 Å². The maximum Gasteiger partial charge on any atom is 0.269 e. The molecule has 0 spiro atoms. The number of rotatable bonds is 8. The van der Waals surface area contributed by atoms with Crippen LogP contribution in [0.4, 0.5) is 0 Å². The third kappa shape index (κ3) is 5.91. The molecular formula is C20H27N5O2. The van der Waals surface area contributed by atoms with E-state index in [4.69, 9.17) is 0 Å². The van der Waals surface area contributed by atoms with Gasteiger partial charge in [0, 0.05) is 44.1 Å². The Bertz CT molecular complexity index is 709.